The number of amides is 1. The van der Waals surface area contributed by atoms with Crippen LogP contribution in [0, 0.1) is 17.6 Å². The van der Waals surface area contributed by atoms with E-state index in [-0.39, 0.29) is 30.4 Å². The highest BCUT2D eigenvalue weighted by molar-refractivity contribution is 5.95. The summed E-state index contributed by atoms with van der Waals surface area (Å²) in [6, 6.07) is 14.7. The molecular weight excluding hydrogens is 348 g/mol. The molecule has 1 fully saturated rings. The van der Waals surface area contributed by atoms with Crippen molar-refractivity contribution in [3.63, 3.8) is 0 Å². The number of nitrogens with two attached hydrogens (primary N) is 1. The van der Waals surface area contributed by atoms with Crippen LogP contribution in [0.1, 0.15) is 17.9 Å². The largest absolute Gasteiger partial charge is 0.330 e. The van der Waals surface area contributed by atoms with Gasteiger partial charge in [0.25, 0.3) is 0 Å². The van der Waals surface area contributed by atoms with Crippen LogP contribution in [0.3, 0.4) is 0 Å². The summed E-state index contributed by atoms with van der Waals surface area (Å²) in [5, 5.41) is 0.987. The van der Waals surface area contributed by atoms with Crippen molar-refractivity contribution in [3.8, 4) is 0 Å². The molecule has 1 aliphatic rings. The van der Waals surface area contributed by atoms with Gasteiger partial charge in [-0.05, 0) is 54.4 Å². The van der Waals surface area contributed by atoms with Crippen molar-refractivity contribution in [3.05, 3.63) is 71.8 Å². The zero-order valence-electron chi connectivity index (χ0n) is 14.6. The van der Waals surface area contributed by atoms with Crippen LogP contribution in [0.4, 0.5) is 14.6 Å². The van der Waals surface area contributed by atoms with E-state index in [1.165, 1.54) is 6.07 Å². The van der Waals surface area contributed by atoms with Crippen LogP contribution in [0.15, 0.2) is 54.6 Å². The number of carbonyl (C=O) groups excluding carboxylic acids is 1. The quantitative estimate of drug-likeness (QED) is 0.769. The van der Waals surface area contributed by atoms with E-state index in [1.54, 1.807) is 11.0 Å². The van der Waals surface area contributed by atoms with Crippen molar-refractivity contribution < 1.29 is 13.6 Å². The number of benzene rings is 2. The Hall–Kier alpha value is -2.86. The molecule has 0 spiro atoms. The minimum Gasteiger partial charge on any atom is -0.330 e. The minimum absolute atomic E-state index is 0.0662. The van der Waals surface area contributed by atoms with Gasteiger partial charge in [0.05, 0.1) is 5.52 Å². The Morgan fingerprint density at radius 1 is 1.11 bits per heavy atom. The summed E-state index contributed by atoms with van der Waals surface area (Å²) in [6.45, 7) is 0.583. The van der Waals surface area contributed by atoms with Gasteiger partial charge in [-0.2, -0.15) is 0 Å². The fraction of sp³-hybridized carbons (Fsp3) is 0.238. The fourth-order valence-corrected chi connectivity index (χ4v) is 3.76. The highest BCUT2D eigenvalue weighted by Crippen LogP contribution is 2.36. The second-order valence-corrected chi connectivity index (χ2v) is 6.84. The van der Waals surface area contributed by atoms with Crippen LogP contribution >= 0.6 is 0 Å². The van der Waals surface area contributed by atoms with E-state index in [0.717, 1.165) is 23.0 Å². The summed E-state index contributed by atoms with van der Waals surface area (Å²) in [7, 11) is 0. The molecule has 2 atom stereocenters. The molecule has 2 aromatic carbocycles. The van der Waals surface area contributed by atoms with Gasteiger partial charge in [0.2, 0.25) is 5.91 Å². The molecule has 2 heterocycles. The van der Waals surface area contributed by atoms with Crippen LogP contribution < -0.4 is 10.6 Å². The Morgan fingerprint density at radius 3 is 2.74 bits per heavy atom. The Bertz CT molecular complexity index is 1010. The smallest absolute Gasteiger partial charge is 0.228 e. The number of fused-ring (bicyclic) bond motifs is 1. The van der Waals surface area contributed by atoms with Gasteiger partial charge in [0, 0.05) is 24.3 Å². The lowest BCUT2D eigenvalue weighted by atomic mass is 9.80. The Labute approximate surface area is 155 Å². The van der Waals surface area contributed by atoms with Crippen molar-refractivity contribution in [1.82, 2.24) is 4.98 Å². The third-order valence-corrected chi connectivity index (χ3v) is 5.20. The average molecular weight is 367 g/mol. The lowest BCUT2D eigenvalue weighted by Crippen LogP contribution is -2.46. The van der Waals surface area contributed by atoms with Gasteiger partial charge >= 0.3 is 0 Å². The maximum atomic E-state index is 14.2. The van der Waals surface area contributed by atoms with Crippen molar-refractivity contribution >= 4 is 22.6 Å². The number of para-hydroxylation sites is 1. The predicted octanol–water partition coefficient (Wildman–Crippen LogP) is 3.61. The number of aromatic nitrogens is 1. The predicted molar refractivity (Wildman–Crippen MR) is 100 cm³/mol. The zero-order valence-corrected chi connectivity index (χ0v) is 14.6. The Kier molecular flexibility index (Phi) is 4.58. The summed E-state index contributed by atoms with van der Waals surface area (Å²) >= 11 is 0. The maximum Gasteiger partial charge on any atom is 0.228 e. The van der Waals surface area contributed by atoms with E-state index in [4.69, 9.17) is 5.73 Å². The first kappa shape index (κ1) is 17.5. The molecule has 0 unspecified atom stereocenters. The first-order chi connectivity index (χ1) is 13.1. The van der Waals surface area contributed by atoms with Crippen molar-refractivity contribution in [1.29, 1.82) is 0 Å². The number of rotatable bonds is 3. The maximum absolute atomic E-state index is 14.2. The monoisotopic (exact) mass is 367 g/mol. The van der Waals surface area contributed by atoms with E-state index in [0.29, 0.717) is 12.4 Å². The Balaban J connectivity index is 1.66. The summed E-state index contributed by atoms with van der Waals surface area (Å²) in [4.78, 5) is 19.0. The van der Waals surface area contributed by atoms with Crippen molar-refractivity contribution in [2.75, 3.05) is 18.0 Å². The third-order valence-electron chi connectivity index (χ3n) is 5.20. The molecule has 0 aliphatic carbocycles. The van der Waals surface area contributed by atoms with Gasteiger partial charge < -0.3 is 5.73 Å². The lowest BCUT2D eigenvalue weighted by Gasteiger charge is -2.37. The van der Waals surface area contributed by atoms with Gasteiger partial charge in [0.15, 0.2) is 0 Å². The molecule has 1 saturated heterocycles. The molecule has 0 saturated carbocycles. The van der Waals surface area contributed by atoms with Gasteiger partial charge in [0.1, 0.15) is 17.5 Å². The van der Waals surface area contributed by atoms with Crippen LogP contribution in [0.2, 0.25) is 0 Å². The molecule has 138 valence electrons. The van der Waals surface area contributed by atoms with Crippen LogP contribution in [-0.4, -0.2) is 24.0 Å². The topological polar surface area (TPSA) is 59.2 Å². The second kappa shape index (κ2) is 7.04. The molecule has 1 aliphatic heterocycles. The van der Waals surface area contributed by atoms with Crippen molar-refractivity contribution in [2.45, 2.75) is 12.3 Å². The normalized spacial score (nSPS) is 20.3. The number of carbonyl (C=O) groups is 1. The molecule has 3 aromatic rings. The molecule has 2 N–H and O–H groups in total. The molecule has 0 radical (unpaired) electrons. The summed E-state index contributed by atoms with van der Waals surface area (Å²) in [5.74, 6) is -1.29. The van der Waals surface area contributed by atoms with E-state index < -0.39 is 17.6 Å². The SMILES string of the molecule is NC[C@H]1CN(c2ccc3ccccc3n2)C(=O)C[C@@H]1c1cc(F)ccc1F. The number of hydrogen-bond acceptors (Lipinski definition) is 3. The van der Waals surface area contributed by atoms with Crippen LogP contribution in [0.25, 0.3) is 10.9 Å². The first-order valence-electron chi connectivity index (χ1n) is 8.88. The number of piperidine rings is 1. The molecule has 27 heavy (non-hydrogen) atoms. The van der Waals surface area contributed by atoms with Gasteiger partial charge in [-0.25, -0.2) is 13.8 Å². The van der Waals surface area contributed by atoms with Gasteiger partial charge in [-0.1, -0.05) is 18.2 Å². The number of anilines is 1. The van der Waals surface area contributed by atoms with Gasteiger partial charge in [-0.15, -0.1) is 0 Å². The zero-order chi connectivity index (χ0) is 19.0. The fourth-order valence-electron chi connectivity index (χ4n) is 3.76. The molecule has 4 rings (SSSR count). The molecule has 1 aromatic heterocycles. The summed E-state index contributed by atoms with van der Waals surface area (Å²) in [6.07, 6.45) is 0.0662. The Morgan fingerprint density at radius 2 is 1.93 bits per heavy atom. The molecule has 1 amide bonds. The minimum atomic E-state index is -0.520. The molecular formula is C21H19F2N3O. The number of halogens is 2. The van der Waals surface area contributed by atoms with E-state index in [2.05, 4.69) is 4.98 Å². The first-order valence-corrected chi connectivity index (χ1v) is 8.88. The number of pyridine rings is 1. The lowest BCUT2D eigenvalue weighted by molar-refractivity contribution is -0.120. The average Bonchev–Trinajstić information content (AvgIpc) is 2.69. The second-order valence-electron chi connectivity index (χ2n) is 6.84. The standard InChI is InChI=1S/C21H19F2N3O/c22-15-6-7-18(23)17(9-15)16-10-21(27)26(12-14(16)11-24)20-8-5-13-3-1-2-4-19(13)25-20/h1-9,14,16H,10-12,24H2/t14-,16-/m0/s1. The molecule has 0 bridgehead atoms. The van der Waals surface area contributed by atoms with Gasteiger partial charge in [-0.3, -0.25) is 9.69 Å². The van der Waals surface area contributed by atoms with E-state index in [1.807, 2.05) is 30.3 Å². The number of hydrogen-bond donors (Lipinski definition) is 1. The third kappa shape index (κ3) is 3.28. The summed E-state index contributed by atoms with van der Waals surface area (Å²) in [5.41, 5.74) is 6.93. The van der Waals surface area contributed by atoms with E-state index in [9.17, 15) is 13.6 Å². The molecule has 4 nitrogen and oxygen atoms in total. The van der Waals surface area contributed by atoms with E-state index >= 15 is 0 Å². The summed E-state index contributed by atoms with van der Waals surface area (Å²) < 4.78 is 27.9. The van der Waals surface area contributed by atoms with Crippen LogP contribution in [-0.2, 0) is 4.79 Å². The highest BCUT2D eigenvalue weighted by atomic mass is 19.1. The highest BCUT2D eigenvalue weighted by Gasteiger charge is 2.36. The number of nitrogens with zero attached hydrogens (tertiary/aromatic N) is 2. The van der Waals surface area contributed by atoms with Crippen LogP contribution in [0.5, 0.6) is 0 Å². The van der Waals surface area contributed by atoms with Crippen molar-refractivity contribution in [2.24, 2.45) is 11.7 Å². The molecule has 6 heteroatoms.